The highest BCUT2D eigenvalue weighted by atomic mass is 16.3. The molecule has 0 spiro atoms. The molecular formula is C11H18O2. The van der Waals surface area contributed by atoms with Crippen LogP contribution in [-0.4, -0.2) is 5.11 Å². The first-order chi connectivity index (χ1) is 6.12. The van der Waals surface area contributed by atoms with Crippen molar-refractivity contribution in [2.45, 2.75) is 39.2 Å². The summed E-state index contributed by atoms with van der Waals surface area (Å²) in [6.45, 7) is 6.06. The van der Waals surface area contributed by atoms with Gasteiger partial charge in [-0.05, 0) is 18.9 Å². The van der Waals surface area contributed by atoms with Crippen LogP contribution in [0.1, 0.15) is 39.2 Å². The summed E-state index contributed by atoms with van der Waals surface area (Å²) in [7, 11) is 0. The molecule has 1 aromatic heterocycles. The van der Waals surface area contributed by atoms with Gasteiger partial charge in [-0.1, -0.05) is 26.7 Å². The van der Waals surface area contributed by atoms with Gasteiger partial charge in [0.1, 0.15) is 0 Å². The van der Waals surface area contributed by atoms with Gasteiger partial charge >= 0.3 is 0 Å². The third-order valence-corrected chi connectivity index (χ3v) is 2.89. The molecule has 1 N–H and O–H groups in total. The molecule has 0 radical (unpaired) electrons. The van der Waals surface area contributed by atoms with Gasteiger partial charge in [0.2, 0.25) is 0 Å². The smallest absolute Gasteiger partial charge is 0.0963 e. The molecule has 0 saturated heterocycles. The van der Waals surface area contributed by atoms with Crippen molar-refractivity contribution in [2.24, 2.45) is 5.92 Å². The Morgan fingerprint density at radius 3 is 2.46 bits per heavy atom. The molecule has 1 heterocycles. The summed E-state index contributed by atoms with van der Waals surface area (Å²) in [6.07, 6.45) is 5.19. The van der Waals surface area contributed by atoms with E-state index in [2.05, 4.69) is 13.8 Å². The first kappa shape index (κ1) is 10.3. The molecule has 13 heavy (non-hydrogen) atoms. The van der Waals surface area contributed by atoms with Crippen LogP contribution in [0.5, 0.6) is 0 Å². The molecule has 74 valence electrons. The van der Waals surface area contributed by atoms with Crippen molar-refractivity contribution in [2.75, 3.05) is 0 Å². The topological polar surface area (TPSA) is 33.4 Å². The Balaban J connectivity index is 2.86. The van der Waals surface area contributed by atoms with Gasteiger partial charge in [-0.3, -0.25) is 0 Å². The van der Waals surface area contributed by atoms with E-state index >= 15 is 0 Å². The normalized spacial score (nSPS) is 16.1. The van der Waals surface area contributed by atoms with E-state index < -0.39 is 5.60 Å². The largest absolute Gasteiger partial charge is 0.472 e. The predicted molar refractivity (Wildman–Crippen MR) is 52.4 cm³/mol. The Hall–Kier alpha value is -0.760. The number of furan rings is 1. The summed E-state index contributed by atoms with van der Waals surface area (Å²) in [4.78, 5) is 0. The molecule has 0 saturated carbocycles. The molecule has 0 aromatic carbocycles. The highest BCUT2D eigenvalue weighted by Crippen LogP contribution is 2.33. The monoisotopic (exact) mass is 182 g/mol. The molecule has 2 heteroatoms. The zero-order chi connectivity index (χ0) is 9.90. The summed E-state index contributed by atoms with van der Waals surface area (Å²) in [6, 6.07) is 1.83. The molecule has 0 aliphatic heterocycles. The second-order valence-electron chi connectivity index (χ2n) is 3.67. The van der Waals surface area contributed by atoms with E-state index in [1.807, 2.05) is 13.0 Å². The average molecular weight is 182 g/mol. The van der Waals surface area contributed by atoms with Gasteiger partial charge in [-0.25, -0.2) is 0 Å². The lowest BCUT2D eigenvalue weighted by molar-refractivity contribution is -0.00996. The lowest BCUT2D eigenvalue weighted by Gasteiger charge is -2.30. The lowest BCUT2D eigenvalue weighted by atomic mass is 9.81. The summed E-state index contributed by atoms with van der Waals surface area (Å²) >= 11 is 0. The van der Waals surface area contributed by atoms with Gasteiger partial charge in [0, 0.05) is 5.56 Å². The molecular weight excluding hydrogens is 164 g/mol. The van der Waals surface area contributed by atoms with Gasteiger partial charge in [0.15, 0.2) is 0 Å². The number of hydrogen-bond acceptors (Lipinski definition) is 2. The zero-order valence-electron chi connectivity index (χ0n) is 8.58. The fourth-order valence-corrected chi connectivity index (χ4v) is 1.87. The third kappa shape index (κ3) is 1.94. The van der Waals surface area contributed by atoms with Crippen LogP contribution in [0, 0.1) is 5.92 Å². The Bertz CT molecular complexity index is 233. The minimum atomic E-state index is -0.753. The maximum absolute atomic E-state index is 10.3. The first-order valence-electron chi connectivity index (χ1n) is 4.88. The summed E-state index contributed by atoms with van der Waals surface area (Å²) in [5.74, 6) is 0.296. The van der Waals surface area contributed by atoms with E-state index in [4.69, 9.17) is 4.42 Å². The first-order valence-corrected chi connectivity index (χ1v) is 4.88. The van der Waals surface area contributed by atoms with Gasteiger partial charge in [0.25, 0.3) is 0 Å². The van der Waals surface area contributed by atoms with Crippen molar-refractivity contribution in [1.82, 2.24) is 0 Å². The minimum absolute atomic E-state index is 0.296. The van der Waals surface area contributed by atoms with E-state index in [9.17, 15) is 5.11 Å². The molecule has 0 bridgehead atoms. The standard InChI is InChI=1S/C11H18O2/c1-4-9(5-2)11(3,12)10-6-7-13-8-10/h6-9,12H,4-5H2,1-3H3. The summed E-state index contributed by atoms with van der Waals surface area (Å²) in [5, 5.41) is 10.3. The Labute approximate surface area is 79.6 Å². The van der Waals surface area contributed by atoms with Crippen LogP contribution in [0.15, 0.2) is 23.0 Å². The van der Waals surface area contributed by atoms with Crippen LogP contribution in [-0.2, 0) is 5.60 Å². The molecule has 1 aromatic rings. The molecule has 0 aliphatic rings. The molecule has 1 rings (SSSR count). The SMILES string of the molecule is CCC(CC)C(C)(O)c1ccoc1. The highest BCUT2D eigenvalue weighted by Gasteiger charge is 2.31. The minimum Gasteiger partial charge on any atom is -0.472 e. The fourth-order valence-electron chi connectivity index (χ4n) is 1.87. The second kappa shape index (κ2) is 3.97. The number of hydrogen-bond donors (Lipinski definition) is 1. The van der Waals surface area contributed by atoms with E-state index in [-0.39, 0.29) is 0 Å². The summed E-state index contributed by atoms with van der Waals surface area (Å²) < 4.78 is 4.98. The van der Waals surface area contributed by atoms with Crippen LogP contribution in [0.2, 0.25) is 0 Å². The van der Waals surface area contributed by atoms with Crippen LogP contribution in [0.25, 0.3) is 0 Å². The van der Waals surface area contributed by atoms with Gasteiger partial charge in [-0.15, -0.1) is 0 Å². The highest BCUT2D eigenvalue weighted by molar-refractivity contribution is 5.16. The predicted octanol–water partition coefficient (Wildman–Crippen LogP) is 2.92. The Kier molecular flexibility index (Phi) is 3.15. The van der Waals surface area contributed by atoms with Crippen molar-refractivity contribution < 1.29 is 9.52 Å². The van der Waals surface area contributed by atoms with E-state index in [1.54, 1.807) is 12.5 Å². The van der Waals surface area contributed by atoms with Crippen LogP contribution >= 0.6 is 0 Å². The maximum atomic E-state index is 10.3. The molecule has 0 fully saturated rings. The van der Waals surface area contributed by atoms with Crippen molar-refractivity contribution in [3.8, 4) is 0 Å². The molecule has 0 amide bonds. The molecule has 0 aliphatic carbocycles. The Morgan fingerprint density at radius 1 is 1.46 bits per heavy atom. The average Bonchev–Trinajstić information content (AvgIpc) is 2.58. The van der Waals surface area contributed by atoms with E-state index in [0.717, 1.165) is 18.4 Å². The van der Waals surface area contributed by atoms with Crippen molar-refractivity contribution in [3.05, 3.63) is 24.2 Å². The summed E-state index contributed by atoms with van der Waals surface area (Å²) in [5.41, 5.74) is 0.123. The molecule has 1 unspecified atom stereocenters. The van der Waals surface area contributed by atoms with Gasteiger partial charge < -0.3 is 9.52 Å². The second-order valence-corrected chi connectivity index (χ2v) is 3.67. The third-order valence-electron chi connectivity index (χ3n) is 2.89. The maximum Gasteiger partial charge on any atom is 0.0963 e. The molecule has 1 atom stereocenters. The van der Waals surface area contributed by atoms with Crippen LogP contribution in [0.3, 0.4) is 0 Å². The number of aliphatic hydroxyl groups is 1. The lowest BCUT2D eigenvalue weighted by Crippen LogP contribution is -2.30. The van der Waals surface area contributed by atoms with Crippen LogP contribution < -0.4 is 0 Å². The fraction of sp³-hybridized carbons (Fsp3) is 0.636. The van der Waals surface area contributed by atoms with Crippen molar-refractivity contribution >= 4 is 0 Å². The van der Waals surface area contributed by atoms with E-state index in [0.29, 0.717) is 5.92 Å². The van der Waals surface area contributed by atoms with Crippen LogP contribution in [0.4, 0.5) is 0 Å². The number of rotatable bonds is 4. The van der Waals surface area contributed by atoms with Crippen molar-refractivity contribution in [1.29, 1.82) is 0 Å². The Morgan fingerprint density at radius 2 is 2.08 bits per heavy atom. The molecule has 2 nitrogen and oxygen atoms in total. The zero-order valence-corrected chi connectivity index (χ0v) is 8.58. The van der Waals surface area contributed by atoms with Crippen molar-refractivity contribution in [3.63, 3.8) is 0 Å². The quantitative estimate of drug-likeness (QED) is 0.776. The van der Waals surface area contributed by atoms with E-state index in [1.165, 1.54) is 0 Å². The van der Waals surface area contributed by atoms with Gasteiger partial charge in [-0.2, -0.15) is 0 Å². The van der Waals surface area contributed by atoms with Gasteiger partial charge in [0.05, 0.1) is 18.1 Å².